The summed E-state index contributed by atoms with van der Waals surface area (Å²) in [6.07, 6.45) is 1.36. The maximum absolute atomic E-state index is 12.5. The molecule has 0 unspecified atom stereocenters. The fourth-order valence-corrected chi connectivity index (χ4v) is 3.55. The largest absolute Gasteiger partial charge is 0.454 e. The van der Waals surface area contributed by atoms with Crippen LogP contribution in [0.15, 0.2) is 30.3 Å². The van der Waals surface area contributed by atoms with Gasteiger partial charge in [0.05, 0.1) is 5.56 Å². The van der Waals surface area contributed by atoms with Crippen LogP contribution >= 0.6 is 0 Å². The monoisotopic (exact) mass is 368 g/mol. The summed E-state index contributed by atoms with van der Waals surface area (Å²) < 4.78 is 7.26. The first kappa shape index (κ1) is 18.9. The Labute approximate surface area is 158 Å². The zero-order valence-electron chi connectivity index (χ0n) is 15.9. The van der Waals surface area contributed by atoms with Crippen molar-refractivity contribution >= 4 is 23.3 Å². The van der Waals surface area contributed by atoms with Crippen molar-refractivity contribution in [1.29, 1.82) is 0 Å². The lowest BCUT2D eigenvalue weighted by Crippen LogP contribution is -2.24. The van der Waals surface area contributed by atoms with E-state index in [9.17, 15) is 14.4 Å². The van der Waals surface area contributed by atoms with Crippen molar-refractivity contribution in [1.82, 2.24) is 4.57 Å². The molecule has 1 saturated heterocycles. The van der Waals surface area contributed by atoms with Crippen LogP contribution in [0.25, 0.3) is 0 Å². The SMILES string of the molecule is CCn1c(C)cc(C(=O)OCC(=O)c2cccc(N3CCCC3=O)c2)c1C. The average Bonchev–Trinajstić information content (AvgIpc) is 3.22. The first-order valence-corrected chi connectivity index (χ1v) is 9.19. The number of Topliss-reactive ketones (excluding diaryl/α,β-unsaturated/α-hetero) is 1. The molecular weight excluding hydrogens is 344 g/mol. The van der Waals surface area contributed by atoms with Crippen LogP contribution in [0.2, 0.25) is 0 Å². The summed E-state index contributed by atoms with van der Waals surface area (Å²) in [5.41, 5.74) is 3.44. The number of ketones is 1. The van der Waals surface area contributed by atoms with Crippen LogP contribution in [0.5, 0.6) is 0 Å². The van der Waals surface area contributed by atoms with Crippen LogP contribution in [0.4, 0.5) is 5.69 Å². The second-order valence-electron chi connectivity index (χ2n) is 6.73. The van der Waals surface area contributed by atoms with Crippen LogP contribution in [0.3, 0.4) is 0 Å². The molecule has 3 rings (SSSR count). The number of anilines is 1. The summed E-state index contributed by atoms with van der Waals surface area (Å²) in [5, 5.41) is 0. The minimum absolute atomic E-state index is 0.0670. The topological polar surface area (TPSA) is 68.6 Å². The second kappa shape index (κ2) is 7.78. The molecule has 0 N–H and O–H groups in total. The minimum atomic E-state index is -0.498. The molecule has 2 aromatic rings. The van der Waals surface area contributed by atoms with E-state index >= 15 is 0 Å². The lowest BCUT2D eigenvalue weighted by molar-refractivity contribution is -0.117. The summed E-state index contributed by atoms with van der Waals surface area (Å²) in [4.78, 5) is 38.4. The van der Waals surface area contributed by atoms with E-state index in [4.69, 9.17) is 4.74 Å². The number of rotatable bonds is 6. The van der Waals surface area contributed by atoms with Gasteiger partial charge in [-0.15, -0.1) is 0 Å². The van der Waals surface area contributed by atoms with Crippen LogP contribution < -0.4 is 4.90 Å². The van der Waals surface area contributed by atoms with E-state index in [1.165, 1.54) is 0 Å². The molecule has 1 amide bonds. The number of esters is 1. The highest BCUT2D eigenvalue weighted by atomic mass is 16.5. The van der Waals surface area contributed by atoms with Gasteiger partial charge in [0.1, 0.15) is 0 Å². The summed E-state index contributed by atoms with van der Waals surface area (Å²) >= 11 is 0. The Balaban J connectivity index is 1.67. The maximum atomic E-state index is 12.5. The number of nitrogens with zero attached hydrogens (tertiary/aromatic N) is 2. The van der Waals surface area contributed by atoms with E-state index in [1.54, 1.807) is 29.2 Å². The van der Waals surface area contributed by atoms with Gasteiger partial charge in [-0.1, -0.05) is 12.1 Å². The number of aryl methyl sites for hydroxylation is 1. The second-order valence-corrected chi connectivity index (χ2v) is 6.73. The molecule has 142 valence electrons. The average molecular weight is 368 g/mol. The molecule has 1 aliphatic rings. The van der Waals surface area contributed by atoms with E-state index in [-0.39, 0.29) is 18.3 Å². The Bertz CT molecular complexity index is 898. The van der Waals surface area contributed by atoms with Crippen LogP contribution in [0, 0.1) is 13.8 Å². The van der Waals surface area contributed by atoms with E-state index in [0.29, 0.717) is 29.8 Å². The highest BCUT2D eigenvalue weighted by Gasteiger charge is 2.23. The number of benzene rings is 1. The Kier molecular flexibility index (Phi) is 5.44. The standard InChI is InChI=1S/C21H24N2O4/c1-4-22-14(2)11-18(15(22)3)21(26)27-13-19(24)16-7-5-8-17(12-16)23-10-6-9-20(23)25/h5,7-8,11-12H,4,6,9-10,13H2,1-3H3. The molecule has 27 heavy (non-hydrogen) atoms. The van der Waals surface area contributed by atoms with Gasteiger partial charge in [-0.2, -0.15) is 0 Å². The molecule has 1 aromatic heterocycles. The molecule has 0 bridgehead atoms. The third kappa shape index (κ3) is 3.79. The van der Waals surface area contributed by atoms with Gasteiger partial charge in [0.15, 0.2) is 12.4 Å². The summed E-state index contributed by atoms with van der Waals surface area (Å²) in [6, 6.07) is 8.69. The van der Waals surface area contributed by atoms with E-state index < -0.39 is 5.97 Å². The van der Waals surface area contributed by atoms with Crippen LogP contribution in [-0.2, 0) is 16.1 Å². The van der Waals surface area contributed by atoms with Crippen molar-refractivity contribution in [3.8, 4) is 0 Å². The maximum Gasteiger partial charge on any atom is 0.340 e. The highest BCUT2D eigenvalue weighted by molar-refractivity contribution is 6.02. The Morgan fingerprint density at radius 1 is 1.19 bits per heavy atom. The smallest absolute Gasteiger partial charge is 0.340 e. The third-order valence-corrected chi connectivity index (χ3v) is 5.00. The van der Waals surface area contributed by atoms with Crippen molar-refractivity contribution in [3.63, 3.8) is 0 Å². The summed E-state index contributed by atoms with van der Waals surface area (Å²) in [5.74, 6) is -0.722. The normalized spacial score (nSPS) is 13.9. The molecule has 0 saturated carbocycles. The number of carbonyl (C=O) groups excluding carboxylic acids is 3. The molecule has 6 heteroatoms. The summed E-state index contributed by atoms with van der Waals surface area (Å²) in [7, 11) is 0. The quantitative estimate of drug-likeness (QED) is 0.580. The van der Waals surface area contributed by atoms with Crippen LogP contribution in [0.1, 0.15) is 51.9 Å². The molecule has 6 nitrogen and oxygen atoms in total. The first-order chi connectivity index (χ1) is 12.9. The number of aromatic nitrogens is 1. The van der Waals surface area contributed by atoms with Crippen molar-refractivity contribution in [2.45, 2.75) is 40.2 Å². The number of hydrogen-bond donors (Lipinski definition) is 0. The molecular formula is C21H24N2O4. The molecule has 1 aliphatic heterocycles. The molecule has 1 fully saturated rings. The predicted octanol–water partition coefficient (Wildman–Crippen LogP) is 3.29. The van der Waals surface area contributed by atoms with Crippen molar-refractivity contribution in [2.75, 3.05) is 18.1 Å². The lowest BCUT2D eigenvalue weighted by Gasteiger charge is -2.16. The van der Waals surface area contributed by atoms with E-state index in [0.717, 1.165) is 24.4 Å². The zero-order valence-corrected chi connectivity index (χ0v) is 15.9. The zero-order chi connectivity index (χ0) is 19.6. The summed E-state index contributed by atoms with van der Waals surface area (Å²) in [6.45, 7) is 6.92. The van der Waals surface area contributed by atoms with Crippen molar-refractivity contribution in [3.05, 3.63) is 52.8 Å². The van der Waals surface area contributed by atoms with Gasteiger partial charge in [0, 0.05) is 42.1 Å². The molecule has 2 heterocycles. The number of amides is 1. The van der Waals surface area contributed by atoms with E-state index in [2.05, 4.69) is 0 Å². The van der Waals surface area contributed by atoms with Crippen molar-refractivity contribution < 1.29 is 19.1 Å². The minimum Gasteiger partial charge on any atom is -0.454 e. The number of carbonyl (C=O) groups is 3. The molecule has 0 spiro atoms. The first-order valence-electron chi connectivity index (χ1n) is 9.19. The lowest BCUT2D eigenvalue weighted by atomic mass is 10.1. The molecule has 0 aliphatic carbocycles. The van der Waals surface area contributed by atoms with Gasteiger partial charge in [-0.05, 0) is 45.4 Å². The number of hydrogen-bond acceptors (Lipinski definition) is 4. The fraction of sp³-hybridized carbons (Fsp3) is 0.381. The van der Waals surface area contributed by atoms with Gasteiger partial charge < -0.3 is 14.2 Å². The predicted molar refractivity (Wildman–Crippen MR) is 102 cm³/mol. The fourth-order valence-electron chi connectivity index (χ4n) is 3.55. The van der Waals surface area contributed by atoms with Gasteiger partial charge in [0.25, 0.3) is 0 Å². The third-order valence-electron chi connectivity index (χ3n) is 5.00. The molecule has 1 aromatic carbocycles. The Hall–Kier alpha value is -2.89. The van der Waals surface area contributed by atoms with Gasteiger partial charge >= 0.3 is 5.97 Å². The van der Waals surface area contributed by atoms with Gasteiger partial charge in [0.2, 0.25) is 5.91 Å². The van der Waals surface area contributed by atoms with Crippen molar-refractivity contribution in [2.24, 2.45) is 0 Å². The molecule has 0 atom stereocenters. The van der Waals surface area contributed by atoms with E-state index in [1.807, 2.05) is 31.4 Å². The Morgan fingerprint density at radius 3 is 2.59 bits per heavy atom. The van der Waals surface area contributed by atoms with Gasteiger partial charge in [-0.25, -0.2) is 4.79 Å². The van der Waals surface area contributed by atoms with Gasteiger partial charge in [-0.3, -0.25) is 9.59 Å². The van der Waals surface area contributed by atoms with Crippen LogP contribution in [-0.4, -0.2) is 35.4 Å². The highest BCUT2D eigenvalue weighted by Crippen LogP contribution is 2.22. The Morgan fingerprint density at radius 2 is 1.96 bits per heavy atom. The number of ether oxygens (including phenoxy) is 1. The molecule has 0 radical (unpaired) electrons.